The maximum Gasteiger partial charge on any atom is 0.239 e. The zero-order chi connectivity index (χ0) is 13.8. The minimum Gasteiger partial charge on any atom is -0.370 e. The molecule has 108 valence electrons. The number of rotatable bonds is 2. The number of carbonyl (C=O) groups is 1. The second kappa shape index (κ2) is 6.23. The van der Waals surface area contributed by atoms with Crippen LogP contribution in [0.4, 0.5) is 0 Å². The predicted octanol–water partition coefficient (Wildman–Crippen LogP) is -0.441. The van der Waals surface area contributed by atoms with Gasteiger partial charge in [0.05, 0.1) is 6.04 Å². The van der Waals surface area contributed by atoms with E-state index in [1.165, 1.54) is 0 Å². The number of amides is 1. The lowest BCUT2D eigenvalue weighted by Crippen LogP contribution is -2.56. The first-order valence-corrected chi connectivity index (χ1v) is 7.13. The summed E-state index contributed by atoms with van der Waals surface area (Å²) >= 11 is 0. The molecule has 2 heterocycles. The van der Waals surface area contributed by atoms with Crippen molar-refractivity contribution < 1.29 is 4.79 Å². The van der Waals surface area contributed by atoms with Gasteiger partial charge in [0, 0.05) is 46.3 Å². The number of hydrogen-bond donors (Lipinski definition) is 1. The van der Waals surface area contributed by atoms with E-state index in [2.05, 4.69) is 14.8 Å². The van der Waals surface area contributed by atoms with Crippen LogP contribution in [0.1, 0.15) is 19.8 Å². The highest BCUT2D eigenvalue weighted by Crippen LogP contribution is 2.13. The van der Waals surface area contributed by atoms with Crippen molar-refractivity contribution in [1.29, 1.82) is 0 Å². The predicted molar refractivity (Wildman–Crippen MR) is 76.0 cm³/mol. The van der Waals surface area contributed by atoms with E-state index in [-0.39, 0.29) is 11.9 Å². The average Bonchev–Trinajstić information content (AvgIpc) is 2.99. The zero-order valence-electron chi connectivity index (χ0n) is 12.0. The number of nitrogens with two attached hydrogens (primary N) is 1. The number of guanidine groups is 1. The molecule has 0 aliphatic carbocycles. The van der Waals surface area contributed by atoms with Gasteiger partial charge < -0.3 is 15.5 Å². The van der Waals surface area contributed by atoms with Gasteiger partial charge in [-0.1, -0.05) is 0 Å². The molecule has 2 saturated heterocycles. The van der Waals surface area contributed by atoms with E-state index in [9.17, 15) is 4.79 Å². The first-order valence-electron chi connectivity index (χ1n) is 7.13. The van der Waals surface area contributed by atoms with Crippen molar-refractivity contribution in [2.45, 2.75) is 25.8 Å². The quantitative estimate of drug-likeness (QED) is 0.544. The third-order valence-corrected chi connectivity index (χ3v) is 4.19. The fourth-order valence-corrected chi connectivity index (χ4v) is 2.84. The van der Waals surface area contributed by atoms with Crippen LogP contribution >= 0.6 is 0 Å². The van der Waals surface area contributed by atoms with Crippen LogP contribution < -0.4 is 5.73 Å². The molecule has 0 aromatic carbocycles. The molecule has 1 amide bonds. The van der Waals surface area contributed by atoms with Gasteiger partial charge in [-0.15, -0.1) is 0 Å². The third-order valence-electron chi connectivity index (χ3n) is 4.19. The van der Waals surface area contributed by atoms with Crippen molar-refractivity contribution in [2.24, 2.45) is 10.7 Å². The zero-order valence-corrected chi connectivity index (χ0v) is 12.0. The number of nitrogens with zero attached hydrogens (tertiary/aromatic N) is 4. The summed E-state index contributed by atoms with van der Waals surface area (Å²) < 4.78 is 0. The normalized spacial score (nSPS) is 23.8. The molecule has 2 aliphatic heterocycles. The molecule has 6 nitrogen and oxygen atoms in total. The molecule has 0 radical (unpaired) electrons. The van der Waals surface area contributed by atoms with E-state index >= 15 is 0 Å². The van der Waals surface area contributed by atoms with Crippen LogP contribution in [0.3, 0.4) is 0 Å². The van der Waals surface area contributed by atoms with Crippen LogP contribution in [-0.2, 0) is 4.79 Å². The van der Waals surface area contributed by atoms with Crippen molar-refractivity contribution in [3.63, 3.8) is 0 Å². The molecule has 0 saturated carbocycles. The summed E-state index contributed by atoms with van der Waals surface area (Å²) in [4.78, 5) is 22.7. The van der Waals surface area contributed by atoms with E-state index in [1.807, 2.05) is 11.8 Å². The van der Waals surface area contributed by atoms with Crippen LogP contribution in [-0.4, -0.2) is 78.9 Å². The van der Waals surface area contributed by atoms with Crippen molar-refractivity contribution in [1.82, 2.24) is 14.7 Å². The van der Waals surface area contributed by atoms with Gasteiger partial charge in [-0.3, -0.25) is 14.7 Å². The highest BCUT2D eigenvalue weighted by Gasteiger charge is 2.30. The summed E-state index contributed by atoms with van der Waals surface area (Å²) in [6.07, 6.45) is 2.30. The molecule has 6 heteroatoms. The van der Waals surface area contributed by atoms with E-state index in [0.29, 0.717) is 5.96 Å². The summed E-state index contributed by atoms with van der Waals surface area (Å²) in [5.74, 6) is 0.876. The highest BCUT2D eigenvalue weighted by atomic mass is 16.2. The number of aliphatic imine (C=N–C) groups is 1. The molecule has 2 fully saturated rings. The van der Waals surface area contributed by atoms with Crippen molar-refractivity contribution in [3.05, 3.63) is 0 Å². The second-order valence-corrected chi connectivity index (χ2v) is 5.31. The molecular formula is C13H25N5O. The number of likely N-dealkylation sites (tertiary alicyclic amines) is 1. The summed E-state index contributed by atoms with van der Waals surface area (Å²) in [7, 11) is 1.71. The van der Waals surface area contributed by atoms with Crippen LogP contribution in [0, 0.1) is 0 Å². The van der Waals surface area contributed by atoms with Gasteiger partial charge >= 0.3 is 0 Å². The van der Waals surface area contributed by atoms with Gasteiger partial charge in [-0.2, -0.15) is 0 Å². The molecule has 2 aliphatic rings. The molecule has 2 rings (SSSR count). The third kappa shape index (κ3) is 3.18. The molecule has 0 aromatic heterocycles. The monoisotopic (exact) mass is 267 g/mol. The average molecular weight is 267 g/mol. The smallest absolute Gasteiger partial charge is 0.239 e. The summed E-state index contributed by atoms with van der Waals surface area (Å²) in [5, 5.41) is 0. The Bertz CT molecular complexity index is 343. The lowest BCUT2D eigenvalue weighted by molar-refractivity contribution is -0.135. The SMILES string of the molecule is CN=C(N)N1CCN(C(C)C(=O)N2CCCC2)CC1. The Morgan fingerprint density at radius 3 is 2.16 bits per heavy atom. The number of piperazine rings is 1. The Balaban J connectivity index is 1.85. The Morgan fingerprint density at radius 2 is 1.63 bits per heavy atom. The minimum absolute atomic E-state index is 0.0139. The van der Waals surface area contributed by atoms with Crippen molar-refractivity contribution >= 4 is 11.9 Å². The van der Waals surface area contributed by atoms with Crippen LogP contribution in [0.2, 0.25) is 0 Å². The first kappa shape index (κ1) is 14.1. The fourth-order valence-electron chi connectivity index (χ4n) is 2.84. The summed E-state index contributed by atoms with van der Waals surface area (Å²) in [6.45, 7) is 7.32. The van der Waals surface area contributed by atoms with E-state index in [0.717, 1.165) is 52.1 Å². The maximum absolute atomic E-state index is 12.3. The number of carbonyl (C=O) groups excluding carboxylic acids is 1. The highest BCUT2D eigenvalue weighted by molar-refractivity contribution is 5.82. The molecule has 2 N–H and O–H groups in total. The van der Waals surface area contributed by atoms with Crippen molar-refractivity contribution in [3.8, 4) is 0 Å². The number of hydrogen-bond acceptors (Lipinski definition) is 3. The van der Waals surface area contributed by atoms with Gasteiger partial charge in [0.2, 0.25) is 5.91 Å². The Morgan fingerprint density at radius 1 is 1.05 bits per heavy atom. The Hall–Kier alpha value is -1.30. The fraction of sp³-hybridized carbons (Fsp3) is 0.846. The summed E-state index contributed by atoms with van der Waals surface area (Å²) in [5.41, 5.74) is 5.81. The molecule has 0 bridgehead atoms. The van der Waals surface area contributed by atoms with Crippen LogP contribution in [0.15, 0.2) is 4.99 Å². The van der Waals surface area contributed by atoms with Gasteiger partial charge in [-0.25, -0.2) is 0 Å². The van der Waals surface area contributed by atoms with E-state index < -0.39 is 0 Å². The molecule has 19 heavy (non-hydrogen) atoms. The van der Waals surface area contributed by atoms with Crippen molar-refractivity contribution in [2.75, 3.05) is 46.3 Å². The standard InChI is InChI=1S/C13H25N5O/c1-11(12(19)17-5-3-4-6-17)16-7-9-18(10-8-16)13(14)15-2/h11H,3-10H2,1-2H3,(H2,14,15). The molecule has 1 unspecified atom stereocenters. The molecule has 1 atom stereocenters. The second-order valence-electron chi connectivity index (χ2n) is 5.31. The largest absolute Gasteiger partial charge is 0.370 e. The molecule has 0 aromatic rings. The van der Waals surface area contributed by atoms with E-state index in [4.69, 9.17) is 5.73 Å². The summed E-state index contributed by atoms with van der Waals surface area (Å²) in [6, 6.07) is -0.0139. The van der Waals surface area contributed by atoms with Crippen LogP contribution in [0.25, 0.3) is 0 Å². The lowest BCUT2D eigenvalue weighted by atomic mass is 10.2. The van der Waals surface area contributed by atoms with E-state index in [1.54, 1.807) is 7.05 Å². The van der Waals surface area contributed by atoms with Crippen LogP contribution in [0.5, 0.6) is 0 Å². The van der Waals surface area contributed by atoms with Gasteiger partial charge in [0.25, 0.3) is 0 Å². The minimum atomic E-state index is -0.0139. The lowest BCUT2D eigenvalue weighted by Gasteiger charge is -2.38. The Kier molecular flexibility index (Phi) is 4.63. The van der Waals surface area contributed by atoms with Gasteiger partial charge in [0.15, 0.2) is 5.96 Å². The van der Waals surface area contributed by atoms with Gasteiger partial charge in [-0.05, 0) is 19.8 Å². The maximum atomic E-state index is 12.3. The molecule has 0 spiro atoms. The van der Waals surface area contributed by atoms with Gasteiger partial charge in [0.1, 0.15) is 0 Å². The Labute approximate surface area is 115 Å². The first-order chi connectivity index (χ1) is 9.13. The molecular weight excluding hydrogens is 242 g/mol. The topological polar surface area (TPSA) is 65.2 Å².